The third-order valence-electron chi connectivity index (χ3n) is 3.47. The van der Waals surface area contributed by atoms with Gasteiger partial charge in [-0.15, -0.1) is 0 Å². The Morgan fingerprint density at radius 2 is 1.76 bits per heavy atom. The van der Waals surface area contributed by atoms with Crippen LogP contribution in [-0.4, -0.2) is 4.98 Å². The molecular weight excluding hydrogens is 272 g/mol. The predicted octanol–water partition coefficient (Wildman–Crippen LogP) is 3.07. The number of nitrogens with two attached hydrogens (primary N) is 1. The molecule has 3 rings (SSSR count). The molecule has 0 aliphatic carbocycles. The highest BCUT2D eigenvalue weighted by atomic mass is 19.2. The Kier molecular flexibility index (Phi) is 3.60. The minimum Gasteiger partial charge on any atom is -0.271 e. The van der Waals surface area contributed by atoms with E-state index >= 15 is 0 Å². The van der Waals surface area contributed by atoms with Crippen LogP contribution in [0.5, 0.6) is 0 Å². The van der Waals surface area contributed by atoms with E-state index in [0.29, 0.717) is 5.56 Å². The lowest BCUT2D eigenvalue weighted by atomic mass is 9.96. The zero-order valence-corrected chi connectivity index (χ0v) is 11.1. The van der Waals surface area contributed by atoms with E-state index in [1.165, 1.54) is 12.1 Å². The van der Waals surface area contributed by atoms with Crippen LogP contribution in [0.4, 0.5) is 8.78 Å². The summed E-state index contributed by atoms with van der Waals surface area (Å²) in [6.45, 7) is 0. The van der Waals surface area contributed by atoms with Crippen molar-refractivity contribution in [1.82, 2.24) is 10.4 Å². The molecule has 1 heterocycles. The van der Waals surface area contributed by atoms with Crippen molar-refractivity contribution in [3.63, 3.8) is 0 Å². The maximum atomic E-state index is 14.0. The van der Waals surface area contributed by atoms with E-state index in [4.69, 9.17) is 5.84 Å². The maximum absolute atomic E-state index is 14.0. The quantitative estimate of drug-likeness (QED) is 0.574. The predicted molar refractivity (Wildman–Crippen MR) is 77.3 cm³/mol. The number of hydrogen-bond donors (Lipinski definition) is 2. The highest BCUT2D eigenvalue weighted by molar-refractivity contribution is 5.85. The first kappa shape index (κ1) is 13.6. The molecule has 106 valence electrons. The molecule has 0 amide bonds. The van der Waals surface area contributed by atoms with Gasteiger partial charge in [0.05, 0.1) is 6.04 Å². The number of hydrogen-bond acceptors (Lipinski definition) is 3. The van der Waals surface area contributed by atoms with E-state index in [-0.39, 0.29) is 5.56 Å². The number of rotatable bonds is 3. The molecule has 0 aliphatic heterocycles. The van der Waals surface area contributed by atoms with E-state index < -0.39 is 17.7 Å². The van der Waals surface area contributed by atoms with Crippen LogP contribution in [0, 0.1) is 11.6 Å². The first-order valence-corrected chi connectivity index (χ1v) is 6.45. The zero-order valence-electron chi connectivity index (χ0n) is 11.1. The number of nitrogens with zero attached hydrogens (tertiary/aromatic N) is 1. The fraction of sp³-hybridized carbons (Fsp3) is 0.0625. The van der Waals surface area contributed by atoms with Gasteiger partial charge in [-0.2, -0.15) is 0 Å². The third-order valence-corrected chi connectivity index (χ3v) is 3.47. The summed E-state index contributed by atoms with van der Waals surface area (Å²) in [7, 11) is 0. The van der Waals surface area contributed by atoms with Crippen molar-refractivity contribution in [3.8, 4) is 0 Å². The first-order valence-electron chi connectivity index (χ1n) is 6.45. The first-order chi connectivity index (χ1) is 10.2. The standard InChI is InChI=1S/C16H13F2N3/c17-14-7-3-6-12(15(14)18)16(21-19)13-9-20-8-10-4-1-2-5-11(10)13/h1-9,16,21H,19H2. The highest BCUT2D eigenvalue weighted by Gasteiger charge is 2.20. The van der Waals surface area contributed by atoms with Gasteiger partial charge in [0.25, 0.3) is 0 Å². The fourth-order valence-electron chi connectivity index (χ4n) is 2.46. The minimum absolute atomic E-state index is 0.149. The van der Waals surface area contributed by atoms with Crippen molar-refractivity contribution in [3.05, 3.63) is 77.6 Å². The van der Waals surface area contributed by atoms with Crippen LogP contribution >= 0.6 is 0 Å². The SMILES string of the molecule is NNC(c1cccc(F)c1F)c1cncc2ccccc12. The molecule has 0 radical (unpaired) electrons. The topological polar surface area (TPSA) is 50.9 Å². The molecule has 3 N–H and O–H groups in total. The minimum atomic E-state index is -0.909. The van der Waals surface area contributed by atoms with Crippen molar-refractivity contribution >= 4 is 10.8 Å². The normalized spacial score (nSPS) is 12.5. The second-order valence-corrected chi connectivity index (χ2v) is 4.69. The Labute approximate surface area is 120 Å². The van der Waals surface area contributed by atoms with Gasteiger partial charge in [0.15, 0.2) is 11.6 Å². The summed E-state index contributed by atoms with van der Waals surface area (Å²) in [5.74, 6) is 3.77. The van der Waals surface area contributed by atoms with E-state index in [9.17, 15) is 8.78 Å². The van der Waals surface area contributed by atoms with Crippen LogP contribution in [0.15, 0.2) is 54.9 Å². The molecule has 0 fully saturated rings. The van der Waals surface area contributed by atoms with Gasteiger partial charge < -0.3 is 0 Å². The van der Waals surface area contributed by atoms with Crippen LogP contribution in [0.2, 0.25) is 0 Å². The van der Waals surface area contributed by atoms with Gasteiger partial charge >= 0.3 is 0 Å². The van der Waals surface area contributed by atoms with Gasteiger partial charge in [-0.05, 0) is 11.5 Å². The zero-order chi connectivity index (χ0) is 14.8. The van der Waals surface area contributed by atoms with E-state index in [1.54, 1.807) is 12.4 Å². The fourth-order valence-corrected chi connectivity index (χ4v) is 2.46. The lowest BCUT2D eigenvalue weighted by Crippen LogP contribution is -2.30. The average molecular weight is 285 g/mol. The van der Waals surface area contributed by atoms with Crippen molar-refractivity contribution in [2.45, 2.75) is 6.04 Å². The van der Waals surface area contributed by atoms with E-state index in [0.717, 1.165) is 16.8 Å². The summed E-state index contributed by atoms with van der Waals surface area (Å²) in [6.07, 6.45) is 3.32. The number of fused-ring (bicyclic) bond motifs is 1. The largest absolute Gasteiger partial charge is 0.271 e. The molecular formula is C16H13F2N3. The molecule has 1 unspecified atom stereocenters. The second kappa shape index (κ2) is 5.55. The Morgan fingerprint density at radius 1 is 0.952 bits per heavy atom. The lowest BCUT2D eigenvalue weighted by molar-refractivity contribution is 0.483. The average Bonchev–Trinajstić information content (AvgIpc) is 2.52. The summed E-state index contributed by atoms with van der Waals surface area (Å²) in [5.41, 5.74) is 3.39. The van der Waals surface area contributed by atoms with Gasteiger partial charge in [-0.25, -0.2) is 14.2 Å². The van der Waals surface area contributed by atoms with Crippen LogP contribution in [0.1, 0.15) is 17.2 Å². The van der Waals surface area contributed by atoms with Crippen molar-refractivity contribution in [1.29, 1.82) is 0 Å². The molecule has 0 spiro atoms. The summed E-state index contributed by atoms with van der Waals surface area (Å²) < 4.78 is 27.5. The van der Waals surface area contributed by atoms with Gasteiger partial charge in [0, 0.05) is 28.9 Å². The van der Waals surface area contributed by atoms with Crippen molar-refractivity contribution in [2.24, 2.45) is 5.84 Å². The summed E-state index contributed by atoms with van der Waals surface area (Å²) >= 11 is 0. The van der Waals surface area contributed by atoms with Gasteiger partial charge in [0.2, 0.25) is 0 Å². The number of nitrogens with one attached hydrogen (secondary N) is 1. The Morgan fingerprint density at radius 3 is 2.57 bits per heavy atom. The molecule has 5 heteroatoms. The van der Waals surface area contributed by atoms with Gasteiger partial charge in [-0.3, -0.25) is 10.8 Å². The number of aromatic nitrogens is 1. The van der Waals surface area contributed by atoms with E-state index in [2.05, 4.69) is 10.4 Å². The third kappa shape index (κ3) is 2.37. The molecule has 1 aromatic heterocycles. The summed E-state index contributed by atoms with van der Waals surface area (Å²) in [5, 5.41) is 1.80. The van der Waals surface area contributed by atoms with Crippen LogP contribution in [0.25, 0.3) is 10.8 Å². The van der Waals surface area contributed by atoms with Crippen LogP contribution < -0.4 is 11.3 Å². The van der Waals surface area contributed by atoms with Gasteiger partial charge in [0.1, 0.15) is 0 Å². The lowest BCUT2D eigenvalue weighted by Gasteiger charge is -2.19. The Hall–Kier alpha value is -2.37. The van der Waals surface area contributed by atoms with Crippen LogP contribution in [-0.2, 0) is 0 Å². The summed E-state index contributed by atoms with van der Waals surface area (Å²) in [4.78, 5) is 4.15. The highest BCUT2D eigenvalue weighted by Crippen LogP contribution is 2.29. The molecule has 2 aromatic carbocycles. The number of hydrazine groups is 1. The molecule has 0 aliphatic rings. The summed E-state index contributed by atoms with van der Waals surface area (Å²) in [6, 6.07) is 10.9. The second-order valence-electron chi connectivity index (χ2n) is 4.69. The monoisotopic (exact) mass is 285 g/mol. The molecule has 0 saturated heterocycles. The molecule has 0 saturated carbocycles. The smallest absolute Gasteiger partial charge is 0.163 e. The molecule has 0 bridgehead atoms. The number of benzene rings is 2. The molecule has 1 atom stereocenters. The molecule has 3 aromatic rings. The van der Waals surface area contributed by atoms with Crippen LogP contribution in [0.3, 0.4) is 0 Å². The number of halogens is 2. The Bertz CT molecular complexity index is 784. The van der Waals surface area contributed by atoms with Crippen molar-refractivity contribution < 1.29 is 8.78 Å². The maximum Gasteiger partial charge on any atom is 0.163 e. The Balaban J connectivity index is 2.21. The van der Waals surface area contributed by atoms with Crippen molar-refractivity contribution in [2.75, 3.05) is 0 Å². The molecule has 21 heavy (non-hydrogen) atoms. The molecule has 3 nitrogen and oxygen atoms in total. The van der Waals surface area contributed by atoms with E-state index in [1.807, 2.05) is 24.3 Å². The number of pyridine rings is 1. The van der Waals surface area contributed by atoms with Gasteiger partial charge in [-0.1, -0.05) is 36.4 Å².